The van der Waals surface area contributed by atoms with Gasteiger partial charge in [-0.05, 0) is 122 Å². The normalized spacial score (nSPS) is 12.9. The molecule has 0 aliphatic rings. The van der Waals surface area contributed by atoms with Gasteiger partial charge in [0.05, 0.1) is 6.61 Å². The molecule has 0 bridgehead atoms. The summed E-state index contributed by atoms with van der Waals surface area (Å²) in [6.45, 7) is 7.62. The van der Waals surface area contributed by atoms with Crippen molar-refractivity contribution in [2.45, 2.75) is 271 Å². The Hall–Kier alpha value is -3.18. The number of hydrogen-bond donors (Lipinski definition) is 0. The minimum Gasteiger partial charge on any atom is -0.462 e. The Morgan fingerprint density at radius 2 is 0.662 bits per heavy atom. The molecule has 5 heteroatoms. The molecule has 0 spiro atoms. The molecule has 0 N–H and O–H groups in total. The van der Waals surface area contributed by atoms with Crippen LogP contribution < -0.4 is 0 Å². The van der Waals surface area contributed by atoms with Crippen LogP contribution in [0.25, 0.3) is 0 Å². The third-order valence-corrected chi connectivity index (χ3v) is 12.1. The summed E-state index contributed by atoms with van der Waals surface area (Å²) in [4.78, 5) is 25.5. The molecule has 0 saturated carbocycles. The number of carbonyl (C=O) groups is 2. The Labute approximate surface area is 422 Å². The Kier molecular flexibility index (Phi) is 55.4. The van der Waals surface area contributed by atoms with Crippen molar-refractivity contribution in [1.29, 1.82) is 0 Å². The SMILES string of the molecule is CC/C=C\C/C=C\C/C=C\C/C=C\C/C=C\CCCCCCOCC(COC(=O)CCCCCCCCCCC/C=C\C/C=C\CCCCC)OC(=O)CCCCCCC/C=C\CCCCCC. The van der Waals surface area contributed by atoms with Gasteiger partial charge in [-0.1, -0.05) is 227 Å². The average molecular weight is 946 g/mol. The van der Waals surface area contributed by atoms with Crippen molar-refractivity contribution >= 4 is 11.9 Å². The van der Waals surface area contributed by atoms with Crippen molar-refractivity contribution in [1.82, 2.24) is 0 Å². The first-order valence-corrected chi connectivity index (χ1v) is 28.8. The molecule has 390 valence electrons. The second-order valence-electron chi connectivity index (χ2n) is 18.8. The van der Waals surface area contributed by atoms with Crippen LogP contribution in [0.5, 0.6) is 0 Å². The molecule has 0 heterocycles. The third kappa shape index (κ3) is 55.4. The predicted molar refractivity (Wildman–Crippen MR) is 297 cm³/mol. The fourth-order valence-corrected chi connectivity index (χ4v) is 7.80. The predicted octanol–water partition coefficient (Wildman–Crippen LogP) is 19.8. The molecule has 0 aromatic rings. The first kappa shape index (κ1) is 64.8. The van der Waals surface area contributed by atoms with Gasteiger partial charge >= 0.3 is 11.9 Å². The largest absolute Gasteiger partial charge is 0.462 e. The van der Waals surface area contributed by atoms with Crippen LogP contribution in [0, 0.1) is 0 Å². The lowest BCUT2D eigenvalue weighted by Crippen LogP contribution is -2.30. The maximum absolute atomic E-state index is 12.8. The van der Waals surface area contributed by atoms with Crippen molar-refractivity contribution in [2.75, 3.05) is 19.8 Å². The van der Waals surface area contributed by atoms with E-state index in [2.05, 4.69) is 118 Å². The molecule has 0 aromatic heterocycles. The van der Waals surface area contributed by atoms with Crippen molar-refractivity contribution in [3.05, 3.63) is 97.2 Å². The summed E-state index contributed by atoms with van der Waals surface area (Å²) < 4.78 is 17.4. The first-order valence-electron chi connectivity index (χ1n) is 28.8. The highest BCUT2D eigenvalue weighted by atomic mass is 16.6. The van der Waals surface area contributed by atoms with Gasteiger partial charge in [0.2, 0.25) is 0 Å². The zero-order chi connectivity index (χ0) is 49.2. The van der Waals surface area contributed by atoms with E-state index in [9.17, 15) is 9.59 Å². The molecule has 1 unspecified atom stereocenters. The molecule has 0 saturated heterocycles. The lowest BCUT2D eigenvalue weighted by Gasteiger charge is -2.18. The van der Waals surface area contributed by atoms with Gasteiger partial charge in [0.15, 0.2) is 6.10 Å². The van der Waals surface area contributed by atoms with Gasteiger partial charge in [0.25, 0.3) is 0 Å². The summed E-state index contributed by atoms with van der Waals surface area (Å²) in [5, 5.41) is 0. The maximum Gasteiger partial charge on any atom is 0.306 e. The van der Waals surface area contributed by atoms with Crippen molar-refractivity contribution in [3.8, 4) is 0 Å². The zero-order valence-electron chi connectivity index (χ0n) is 44.8. The second kappa shape index (κ2) is 58.1. The first-order chi connectivity index (χ1) is 33.6. The van der Waals surface area contributed by atoms with E-state index >= 15 is 0 Å². The monoisotopic (exact) mass is 945 g/mol. The third-order valence-electron chi connectivity index (χ3n) is 12.1. The van der Waals surface area contributed by atoms with Gasteiger partial charge in [0.1, 0.15) is 6.61 Å². The van der Waals surface area contributed by atoms with Crippen LogP contribution in [0.4, 0.5) is 0 Å². The summed E-state index contributed by atoms with van der Waals surface area (Å²) >= 11 is 0. The molecule has 0 amide bonds. The fraction of sp³-hybridized carbons (Fsp3) is 0.714. The molecule has 0 aliphatic carbocycles. The van der Waals surface area contributed by atoms with E-state index in [-0.39, 0.29) is 25.2 Å². The van der Waals surface area contributed by atoms with Crippen molar-refractivity contribution < 1.29 is 23.8 Å². The smallest absolute Gasteiger partial charge is 0.306 e. The molecule has 68 heavy (non-hydrogen) atoms. The minimum absolute atomic E-state index is 0.0654. The standard InChI is InChI=1S/C63H108O5/c1-4-7-10-13-16-19-22-25-27-29-31-33-35-37-40-43-46-49-52-55-58-66-59-61(68-63(65)57-54-51-48-45-42-38-24-21-18-15-12-9-6-3)60-67-62(64)56-53-50-47-44-41-39-36-34-32-30-28-26-23-20-17-14-11-8-5-2/h7,10,16-17,19-21,24-28,31,33,37,40,61H,4-6,8-9,11-15,18,22-23,29-30,32,34-36,38-39,41-60H2,1-3H3/b10-7-,19-16-,20-17-,24-21-,27-25-,28-26-,33-31-,40-37-. The Morgan fingerprint density at radius 3 is 1.10 bits per heavy atom. The van der Waals surface area contributed by atoms with Gasteiger partial charge < -0.3 is 14.2 Å². The van der Waals surface area contributed by atoms with E-state index < -0.39 is 6.10 Å². The van der Waals surface area contributed by atoms with E-state index in [0.717, 1.165) is 103 Å². The average Bonchev–Trinajstić information content (AvgIpc) is 3.34. The maximum atomic E-state index is 12.8. The number of esters is 2. The lowest BCUT2D eigenvalue weighted by molar-refractivity contribution is -0.163. The quantitative estimate of drug-likeness (QED) is 0.0345. The number of allylic oxidation sites excluding steroid dienone is 16. The molecule has 0 aliphatic heterocycles. The van der Waals surface area contributed by atoms with E-state index in [1.807, 2.05) is 0 Å². The van der Waals surface area contributed by atoms with Crippen LogP contribution >= 0.6 is 0 Å². The highest BCUT2D eigenvalue weighted by Gasteiger charge is 2.17. The second-order valence-corrected chi connectivity index (χ2v) is 18.8. The number of hydrogen-bond acceptors (Lipinski definition) is 5. The molecule has 0 rings (SSSR count). The van der Waals surface area contributed by atoms with E-state index in [0.29, 0.717) is 19.4 Å². The zero-order valence-corrected chi connectivity index (χ0v) is 44.8. The minimum atomic E-state index is -0.561. The summed E-state index contributed by atoms with van der Waals surface area (Å²) in [5.74, 6) is -0.425. The molecular weight excluding hydrogens is 837 g/mol. The summed E-state index contributed by atoms with van der Waals surface area (Å²) in [6, 6.07) is 0. The van der Waals surface area contributed by atoms with Crippen LogP contribution in [0.3, 0.4) is 0 Å². The van der Waals surface area contributed by atoms with Gasteiger partial charge in [-0.15, -0.1) is 0 Å². The summed E-state index contributed by atoms with van der Waals surface area (Å²) in [6.07, 6.45) is 78.5. The molecule has 0 fully saturated rings. The Bertz CT molecular complexity index is 1300. The van der Waals surface area contributed by atoms with Gasteiger partial charge in [0, 0.05) is 19.4 Å². The number of carbonyl (C=O) groups excluding carboxylic acids is 2. The van der Waals surface area contributed by atoms with Crippen molar-refractivity contribution in [3.63, 3.8) is 0 Å². The van der Waals surface area contributed by atoms with Crippen LogP contribution in [0.1, 0.15) is 265 Å². The van der Waals surface area contributed by atoms with Crippen LogP contribution in [-0.4, -0.2) is 37.9 Å². The Balaban J connectivity index is 4.32. The highest BCUT2D eigenvalue weighted by Crippen LogP contribution is 2.14. The number of ether oxygens (including phenoxy) is 3. The van der Waals surface area contributed by atoms with Crippen LogP contribution in [0.2, 0.25) is 0 Å². The van der Waals surface area contributed by atoms with Crippen LogP contribution in [-0.2, 0) is 23.8 Å². The van der Waals surface area contributed by atoms with Crippen LogP contribution in [0.15, 0.2) is 97.2 Å². The summed E-state index contributed by atoms with van der Waals surface area (Å²) in [5.41, 5.74) is 0. The number of unbranched alkanes of at least 4 members (excludes halogenated alkanes) is 25. The fourth-order valence-electron chi connectivity index (χ4n) is 7.80. The van der Waals surface area contributed by atoms with E-state index in [4.69, 9.17) is 14.2 Å². The van der Waals surface area contributed by atoms with E-state index in [1.165, 1.54) is 128 Å². The van der Waals surface area contributed by atoms with Gasteiger partial charge in [-0.2, -0.15) is 0 Å². The highest BCUT2D eigenvalue weighted by molar-refractivity contribution is 5.70. The Morgan fingerprint density at radius 1 is 0.338 bits per heavy atom. The van der Waals surface area contributed by atoms with Crippen molar-refractivity contribution in [2.24, 2.45) is 0 Å². The van der Waals surface area contributed by atoms with E-state index in [1.54, 1.807) is 0 Å². The molecule has 0 radical (unpaired) electrons. The molecule has 1 atom stereocenters. The number of rotatable bonds is 52. The molecule has 0 aromatic carbocycles. The van der Waals surface area contributed by atoms with Gasteiger partial charge in [-0.25, -0.2) is 0 Å². The lowest BCUT2D eigenvalue weighted by atomic mass is 10.1. The molecular formula is C63H108O5. The molecule has 5 nitrogen and oxygen atoms in total. The topological polar surface area (TPSA) is 61.8 Å². The van der Waals surface area contributed by atoms with Gasteiger partial charge in [-0.3, -0.25) is 9.59 Å². The summed E-state index contributed by atoms with van der Waals surface area (Å²) in [7, 11) is 0.